The van der Waals surface area contributed by atoms with E-state index in [1.807, 2.05) is 41.3 Å². The molecule has 3 N–H and O–H groups in total. The van der Waals surface area contributed by atoms with Gasteiger partial charge in [0.15, 0.2) is 0 Å². The van der Waals surface area contributed by atoms with Crippen LogP contribution in [0, 0.1) is 5.41 Å². The molecule has 176 valence electrons. The van der Waals surface area contributed by atoms with Crippen LogP contribution in [0.4, 0.5) is 23.1 Å². The number of ether oxygens (including phenoxy) is 1. The predicted molar refractivity (Wildman–Crippen MR) is 133 cm³/mol. The second kappa shape index (κ2) is 9.64. The zero-order valence-corrected chi connectivity index (χ0v) is 19.3. The number of benzene rings is 1. The van der Waals surface area contributed by atoms with Gasteiger partial charge in [0.2, 0.25) is 5.91 Å². The Morgan fingerprint density at radius 3 is 2.76 bits per heavy atom. The van der Waals surface area contributed by atoms with E-state index in [1.54, 1.807) is 6.20 Å². The van der Waals surface area contributed by atoms with Crippen LogP contribution >= 0.6 is 0 Å². The number of nitrogens with zero attached hydrogens (tertiary/aromatic N) is 4. The second-order valence-electron chi connectivity index (χ2n) is 8.70. The summed E-state index contributed by atoms with van der Waals surface area (Å²) in [5.41, 5.74) is 3.46. The zero-order valence-electron chi connectivity index (χ0n) is 19.3. The Hall–Kier alpha value is -3.72. The first-order chi connectivity index (χ1) is 16.6. The van der Waals surface area contributed by atoms with E-state index in [9.17, 15) is 4.79 Å². The molecule has 4 heterocycles. The maximum Gasteiger partial charge on any atom is 0.226 e. The van der Waals surface area contributed by atoms with Crippen molar-refractivity contribution in [2.45, 2.75) is 32.2 Å². The Bertz CT molecular complexity index is 1160. The van der Waals surface area contributed by atoms with Gasteiger partial charge in [-0.15, -0.1) is 0 Å². The van der Waals surface area contributed by atoms with Gasteiger partial charge in [-0.05, 0) is 49.1 Å². The maximum absolute atomic E-state index is 12.4. The van der Waals surface area contributed by atoms with Gasteiger partial charge < -0.3 is 25.3 Å². The highest BCUT2D eigenvalue weighted by Gasteiger charge is 2.24. The van der Waals surface area contributed by atoms with E-state index < -0.39 is 0 Å². The van der Waals surface area contributed by atoms with E-state index in [0.717, 1.165) is 48.6 Å². The molecule has 0 saturated carbocycles. The van der Waals surface area contributed by atoms with Gasteiger partial charge in [-0.3, -0.25) is 9.89 Å². The Balaban J connectivity index is 1.56. The number of carbonyl (C=O) groups is 1. The number of amides is 1. The molecule has 1 aromatic carbocycles. The largest absolute Gasteiger partial charge is 0.377 e. The highest BCUT2D eigenvalue weighted by Crippen LogP contribution is 2.34. The van der Waals surface area contributed by atoms with Crippen molar-refractivity contribution in [1.29, 1.82) is 5.41 Å². The topological polar surface area (TPSA) is 110 Å². The van der Waals surface area contributed by atoms with Crippen molar-refractivity contribution < 1.29 is 9.53 Å². The molecule has 2 fully saturated rings. The SMILES string of the molecule is C[C@@H]1COCCN1c1cc(-c2ccc(N3CCCCC3=O)cc2)c(C=N)c(Nc2ccn[nH]2)n1. The molecule has 1 amide bonds. The third kappa shape index (κ3) is 4.38. The number of aromatic amines is 1. The highest BCUT2D eigenvalue weighted by atomic mass is 16.5. The minimum absolute atomic E-state index is 0.178. The van der Waals surface area contributed by atoms with E-state index in [1.165, 1.54) is 6.21 Å². The van der Waals surface area contributed by atoms with E-state index in [4.69, 9.17) is 15.1 Å². The third-order valence-electron chi connectivity index (χ3n) is 6.42. The second-order valence-corrected chi connectivity index (χ2v) is 8.70. The molecular weight excluding hydrogens is 430 g/mol. The van der Waals surface area contributed by atoms with Gasteiger partial charge in [0.25, 0.3) is 0 Å². The van der Waals surface area contributed by atoms with E-state index in [0.29, 0.717) is 36.8 Å². The van der Waals surface area contributed by atoms with E-state index in [-0.39, 0.29) is 11.9 Å². The standard InChI is InChI=1S/C25H29N7O2/c1-17-16-34-13-12-31(17)23-14-20(21(15-26)25(29-23)28-22-9-10-27-30-22)18-5-7-19(8-6-18)32-11-3-2-4-24(32)33/h5-10,14-15,17,26H,2-4,11-13,16H2,1H3,(H2,27,28,29,30)/t17-/m1/s1. The van der Waals surface area contributed by atoms with Gasteiger partial charge in [-0.25, -0.2) is 4.98 Å². The molecule has 0 radical (unpaired) electrons. The first-order valence-corrected chi connectivity index (χ1v) is 11.7. The number of rotatable bonds is 6. The molecule has 1 atom stereocenters. The fraction of sp³-hybridized carbons (Fsp3) is 0.360. The Kier molecular flexibility index (Phi) is 6.27. The lowest BCUT2D eigenvalue weighted by Crippen LogP contribution is -2.44. The molecule has 2 aliphatic rings. The van der Waals surface area contributed by atoms with Crippen LogP contribution in [0.1, 0.15) is 31.7 Å². The van der Waals surface area contributed by atoms with Gasteiger partial charge in [0, 0.05) is 43.0 Å². The van der Waals surface area contributed by atoms with Crippen LogP contribution in [0.3, 0.4) is 0 Å². The maximum atomic E-state index is 12.4. The Labute approximate surface area is 198 Å². The number of pyridine rings is 1. The average Bonchev–Trinajstić information content (AvgIpc) is 3.37. The lowest BCUT2D eigenvalue weighted by molar-refractivity contribution is -0.119. The van der Waals surface area contributed by atoms with Gasteiger partial charge in [-0.1, -0.05) is 12.1 Å². The number of piperidine rings is 1. The Morgan fingerprint density at radius 1 is 1.21 bits per heavy atom. The molecule has 0 spiro atoms. The molecular formula is C25H29N7O2. The van der Waals surface area contributed by atoms with Crippen LogP contribution in [0.5, 0.6) is 0 Å². The van der Waals surface area contributed by atoms with Crippen molar-refractivity contribution in [2.75, 3.05) is 41.4 Å². The summed E-state index contributed by atoms with van der Waals surface area (Å²) in [7, 11) is 0. The number of hydrogen-bond acceptors (Lipinski definition) is 7. The van der Waals surface area contributed by atoms with Gasteiger partial charge in [-0.2, -0.15) is 5.10 Å². The van der Waals surface area contributed by atoms with Crippen molar-refractivity contribution in [2.24, 2.45) is 0 Å². The quantitative estimate of drug-likeness (QED) is 0.482. The van der Waals surface area contributed by atoms with Crippen molar-refractivity contribution in [1.82, 2.24) is 15.2 Å². The minimum atomic E-state index is 0.178. The monoisotopic (exact) mass is 459 g/mol. The fourth-order valence-corrected chi connectivity index (χ4v) is 4.59. The highest BCUT2D eigenvalue weighted by molar-refractivity contribution is 5.97. The minimum Gasteiger partial charge on any atom is -0.377 e. The molecule has 5 rings (SSSR count). The lowest BCUT2D eigenvalue weighted by atomic mass is 9.99. The lowest BCUT2D eigenvalue weighted by Gasteiger charge is -2.35. The fourth-order valence-electron chi connectivity index (χ4n) is 4.59. The number of hydrogen-bond donors (Lipinski definition) is 3. The summed E-state index contributed by atoms with van der Waals surface area (Å²) >= 11 is 0. The summed E-state index contributed by atoms with van der Waals surface area (Å²) in [6.45, 7) is 4.92. The predicted octanol–water partition coefficient (Wildman–Crippen LogP) is 3.95. The summed E-state index contributed by atoms with van der Waals surface area (Å²) in [6, 6.07) is 12.1. The number of carbonyl (C=O) groups excluding carboxylic acids is 1. The molecule has 2 aromatic heterocycles. The molecule has 0 bridgehead atoms. The number of nitrogens with one attached hydrogen (secondary N) is 3. The number of morpholine rings is 1. The van der Waals surface area contributed by atoms with Crippen LogP contribution < -0.4 is 15.1 Å². The van der Waals surface area contributed by atoms with Gasteiger partial charge in [0.1, 0.15) is 17.5 Å². The van der Waals surface area contributed by atoms with Crippen LogP contribution in [-0.4, -0.2) is 59.6 Å². The number of aromatic nitrogens is 3. The number of H-pyrrole nitrogens is 1. The third-order valence-corrected chi connectivity index (χ3v) is 6.42. The summed E-state index contributed by atoms with van der Waals surface area (Å²) in [6.07, 6.45) is 5.59. The smallest absolute Gasteiger partial charge is 0.226 e. The van der Waals surface area contributed by atoms with Crippen LogP contribution in [-0.2, 0) is 9.53 Å². The first-order valence-electron chi connectivity index (χ1n) is 11.7. The van der Waals surface area contributed by atoms with Crippen LogP contribution in [0.15, 0.2) is 42.6 Å². The molecule has 2 saturated heterocycles. The van der Waals surface area contributed by atoms with E-state index >= 15 is 0 Å². The van der Waals surface area contributed by atoms with Crippen molar-refractivity contribution in [3.05, 3.63) is 48.2 Å². The Morgan fingerprint density at radius 2 is 2.06 bits per heavy atom. The van der Waals surface area contributed by atoms with E-state index in [2.05, 4.69) is 27.3 Å². The summed E-state index contributed by atoms with van der Waals surface area (Å²) in [4.78, 5) is 21.3. The van der Waals surface area contributed by atoms with Crippen molar-refractivity contribution in [3.8, 4) is 11.1 Å². The number of anilines is 4. The normalized spacial score (nSPS) is 18.7. The molecule has 0 unspecified atom stereocenters. The molecule has 3 aromatic rings. The molecule has 34 heavy (non-hydrogen) atoms. The van der Waals surface area contributed by atoms with Crippen molar-refractivity contribution in [3.63, 3.8) is 0 Å². The van der Waals surface area contributed by atoms with Gasteiger partial charge >= 0.3 is 0 Å². The van der Waals surface area contributed by atoms with Crippen LogP contribution in [0.25, 0.3) is 11.1 Å². The average molecular weight is 460 g/mol. The summed E-state index contributed by atoms with van der Waals surface area (Å²) in [5.74, 6) is 2.29. The molecule has 9 heteroatoms. The molecule has 0 aliphatic carbocycles. The zero-order chi connectivity index (χ0) is 23.5. The first kappa shape index (κ1) is 22.1. The van der Waals surface area contributed by atoms with Crippen LogP contribution in [0.2, 0.25) is 0 Å². The van der Waals surface area contributed by atoms with Gasteiger partial charge in [0.05, 0.1) is 25.5 Å². The summed E-state index contributed by atoms with van der Waals surface area (Å²) in [5, 5.41) is 18.4. The summed E-state index contributed by atoms with van der Waals surface area (Å²) < 4.78 is 5.62. The molecule has 2 aliphatic heterocycles. The molecule has 9 nitrogen and oxygen atoms in total. The van der Waals surface area contributed by atoms with Crippen molar-refractivity contribution >= 4 is 35.3 Å².